The topological polar surface area (TPSA) is 87.7 Å². The van der Waals surface area contributed by atoms with Crippen LogP contribution in [0.3, 0.4) is 0 Å². The predicted molar refractivity (Wildman–Crippen MR) is 135 cm³/mol. The molecule has 0 bridgehead atoms. The minimum absolute atomic E-state index is 0.0582. The monoisotopic (exact) mass is 493 g/mol. The minimum atomic E-state index is -3.75. The quantitative estimate of drug-likeness (QED) is 0.478. The molecule has 0 aromatic heterocycles. The summed E-state index contributed by atoms with van der Waals surface area (Å²) in [4.78, 5) is 15.2. The second-order valence-corrected chi connectivity index (χ2v) is 10.5. The summed E-state index contributed by atoms with van der Waals surface area (Å²) in [6.07, 6.45) is 0.235. The van der Waals surface area contributed by atoms with Crippen molar-refractivity contribution in [2.24, 2.45) is 0 Å². The van der Waals surface area contributed by atoms with Crippen LogP contribution in [0.4, 0.5) is 0 Å². The molecule has 4 rings (SSSR count). The van der Waals surface area contributed by atoms with Crippen LogP contribution in [0.25, 0.3) is 0 Å². The highest BCUT2D eigenvalue weighted by Crippen LogP contribution is 2.14. The van der Waals surface area contributed by atoms with Gasteiger partial charge in [0.1, 0.15) is 0 Å². The van der Waals surface area contributed by atoms with Crippen LogP contribution in [-0.4, -0.2) is 45.0 Å². The van der Waals surface area contributed by atoms with Gasteiger partial charge < -0.3 is 10.1 Å². The van der Waals surface area contributed by atoms with E-state index in [2.05, 4.69) is 34.0 Å². The summed E-state index contributed by atoms with van der Waals surface area (Å²) in [5.74, 6) is -0.322. The molecule has 7 nitrogen and oxygen atoms in total. The molecule has 0 spiro atoms. The highest BCUT2D eigenvalue weighted by Gasteiger charge is 2.18. The lowest BCUT2D eigenvalue weighted by molar-refractivity contribution is -0.0212. The van der Waals surface area contributed by atoms with Crippen molar-refractivity contribution in [2.45, 2.75) is 37.6 Å². The fraction of sp³-hybridized carbons (Fsp3) is 0.296. The Morgan fingerprint density at radius 3 is 2.49 bits per heavy atom. The summed E-state index contributed by atoms with van der Waals surface area (Å²) < 4.78 is 33.6. The zero-order chi connectivity index (χ0) is 24.7. The van der Waals surface area contributed by atoms with E-state index in [1.54, 1.807) is 12.1 Å². The number of sulfonamides is 1. The molecule has 8 heteroatoms. The molecule has 1 aliphatic heterocycles. The summed E-state index contributed by atoms with van der Waals surface area (Å²) >= 11 is 0. The van der Waals surface area contributed by atoms with Gasteiger partial charge in [-0.3, -0.25) is 9.69 Å². The molecular formula is C27H31N3O4S. The van der Waals surface area contributed by atoms with Crippen LogP contribution in [0.5, 0.6) is 0 Å². The van der Waals surface area contributed by atoms with Gasteiger partial charge in [0.25, 0.3) is 5.91 Å². The molecule has 0 saturated carbocycles. The van der Waals surface area contributed by atoms with Crippen molar-refractivity contribution in [3.8, 4) is 0 Å². The summed E-state index contributed by atoms with van der Waals surface area (Å²) in [7, 11) is -3.75. The molecule has 2 N–H and O–H groups in total. The third-order valence-electron chi connectivity index (χ3n) is 5.89. The van der Waals surface area contributed by atoms with E-state index in [4.69, 9.17) is 4.74 Å². The minimum Gasteiger partial charge on any atom is -0.376 e. The molecule has 3 aromatic rings. The molecular weight excluding hydrogens is 462 g/mol. The van der Waals surface area contributed by atoms with Gasteiger partial charge in [-0.2, -0.15) is 0 Å². The third-order valence-corrected chi connectivity index (χ3v) is 7.29. The van der Waals surface area contributed by atoms with E-state index < -0.39 is 10.0 Å². The average molecular weight is 494 g/mol. The summed E-state index contributed by atoms with van der Waals surface area (Å²) in [6, 6.07) is 23.5. The molecule has 0 aliphatic carbocycles. The van der Waals surface area contributed by atoms with E-state index in [1.165, 1.54) is 17.7 Å². The van der Waals surface area contributed by atoms with E-state index in [0.717, 1.165) is 37.4 Å². The van der Waals surface area contributed by atoms with Gasteiger partial charge >= 0.3 is 0 Å². The third kappa shape index (κ3) is 7.22. The highest BCUT2D eigenvalue weighted by molar-refractivity contribution is 7.89. The summed E-state index contributed by atoms with van der Waals surface area (Å²) in [5.41, 5.74) is 3.33. The van der Waals surface area contributed by atoms with Crippen LogP contribution < -0.4 is 10.0 Å². The van der Waals surface area contributed by atoms with Crippen LogP contribution in [0.1, 0.15) is 34.0 Å². The van der Waals surface area contributed by atoms with Crippen molar-refractivity contribution in [3.63, 3.8) is 0 Å². The molecule has 1 saturated heterocycles. The lowest BCUT2D eigenvalue weighted by Crippen LogP contribution is -2.40. The Labute approximate surface area is 207 Å². The number of carbonyl (C=O) groups is 1. The number of rotatable bonds is 9. The van der Waals surface area contributed by atoms with Gasteiger partial charge in [-0.15, -0.1) is 0 Å². The number of benzene rings is 3. The van der Waals surface area contributed by atoms with Crippen LogP contribution >= 0.6 is 0 Å². The zero-order valence-corrected chi connectivity index (χ0v) is 20.6. The number of nitrogens with zero attached hydrogens (tertiary/aromatic N) is 1. The zero-order valence-electron chi connectivity index (χ0n) is 19.8. The van der Waals surface area contributed by atoms with E-state index in [1.807, 2.05) is 42.5 Å². The largest absolute Gasteiger partial charge is 0.376 e. The van der Waals surface area contributed by atoms with Crippen LogP contribution in [0.2, 0.25) is 0 Å². The van der Waals surface area contributed by atoms with Crippen LogP contribution in [0, 0.1) is 0 Å². The smallest absolute Gasteiger partial charge is 0.251 e. The second-order valence-electron chi connectivity index (χ2n) is 8.76. The summed E-state index contributed by atoms with van der Waals surface area (Å²) in [6.45, 7) is 6.01. The Balaban J connectivity index is 1.35. The lowest BCUT2D eigenvalue weighted by Gasteiger charge is -2.31. The average Bonchev–Trinajstić information content (AvgIpc) is 2.87. The van der Waals surface area contributed by atoms with Gasteiger partial charge in [-0.05, 0) is 41.8 Å². The van der Waals surface area contributed by atoms with Gasteiger partial charge in [0.2, 0.25) is 10.0 Å². The molecule has 184 valence electrons. The summed E-state index contributed by atoms with van der Waals surface area (Å²) in [5, 5.41) is 2.90. The fourth-order valence-corrected chi connectivity index (χ4v) is 5.14. The van der Waals surface area contributed by atoms with Crippen molar-refractivity contribution in [2.75, 3.05) is 19.7 Å². The predicted octanol–water partition coefficient (Wildman–Crippen LogP) is 3.32. The molecule has 1 amide bonds. The lowest BCUT2D eigenvalue weighted by atomic mass is 10.1. The first-order valence-corrected chi connectivity index (χ1v) is 13.2. The molecule has 1 fully saturated rings. The SMILES string of the molecule is CC1CN(Cc2cccc(CNC(=O)c3cccc(S(=O)(=O)NCc4ccccc4)c3)c2)CCO1. The fourth-order valence-electron chi connectivity index (χ4n) is 4.08. The maximum atomic E-state index is 12.8. The number of ether oxygens (including phenoxy) is 1. The Bertz CT molecular complexity index is 1250. The molecule has 3 aromatic carbocycles. The van der Waals surface area contributed by atoms with Crippen molar-refractivity contribution in [3.05, 3.63) is 101 Å². The number of hydrogen-bond donors (Lipinski definition) is 2. The number of amides is 1. The first-order valence-electron chi connectivity index (χ1n) is 11.7. The first kappa shape index (κ1) is 25.1. The molecule has 1 aliphatic rings. The van der Waals surface area contributed by atoms with Crippen molar-refractivity contribution in [1.29, 1.82) is 0 Å². The van der Waals surface area contributed by atoms with Gasteiger partial charge in [0.15, 0.2) is 0 Å². The number of morpholine rings is 1. The van der Waals surface area contributed by atoms with Crippen LogP contribution in [-0.2, 0) is 34.4 Å². The molecule has 1 unspecified atom stereocenters. The molecule has 1 heterocycles. The van der Waals surface area contributed by atoms with Crippen molar-refractivity contribution >= 4 is 15.9 Å². The van der Waals surface area contributed by atoms with Crippen molar-refractivity contribution in [1.82, 2.24) is 14.9 Å². The molecule has 1 atom stereocenters. The Kier molecular flexibility index (Phi) is 8.30. The van der Waals surface area contributed by atoms with E-state index in [-0.39, 0.29) is 23.5 Å². The normalized spacial score (nSPS) is 16.7. The van der Waals surface area contributed by atoms with E-state index in [0.29, 0.717) is 12.1 Å². The van der Waals surface area contributed by atoms with Gasteiger partial charge in [0.05, 0.1) is 17.6 Å². The van der Waals surface area contributed by atoms with Gasteiger partial charge in [0, 0.05) is 38.3 Å². The van der Waals surface area contributed by atoms with Crippen LogP contribution in [0.15, 0.2) is 83.8 Å². The number of carbonyl (C=O) groups excluding carboxylic acids is 1. The highest BCUT2D eigenvalue weighted by atomic mass is 32.2. The Morgan fingerprint density at radius 2 is 1.69 bits per heavy atom. The maximum Gasteiger partial charge on any atom is 0.251 e. The molecule has 0 radical (unpaired) electrons. The van der Waals surface area contributed by atoms with Gasteiger partial charge in [-0.1, -0.05) is 60.7 Å². The Hall–Kier alpha value is -3.04. The number of nitrogens with one attached hydrogen (secondary N) is 2. The van der Waals surface area contributed by atoms with E-state index in [9.17, 15) is 13.2 Å². The van der Waals surface area contributed by atoms with Crippen molar-refractivity contribution < 1.29 is 17.9 Å². The first-order chi connectivity index (χ1) is 16.9. The number of hydrogen-bond acceptors (Lipinski definition) is 5. The maximum absolute atomic E-state index is 12.8. The Morgan fingerprint density at radius 1 is 0.943 bits per heavy atom. The second kappa shape index (κ2) is 11.6. The van der Waals surface area contributed by atoms with E-state index >= 15 is 0 Å². The standard InChI is InChI=1S/C27H31N3O4S/c1-21-19-30(13-14-34-21)20-24-10-5-9-23(15-24)17-28-27(31)25-11-6-12-26(16-25)35(32,33)29-18-22-7-3-2-4-8-22/h2-12,15-16,21,29H,13-14,17-20H2,1H3,(H,28,31). The molecule has 35 heavy (non-hydrogen) atoms. The van der Waals surface area contributed by atoms with Gasteiger partial charge in [-0.25, -0.2) is 13.1 Å².